The van der Waals surface area contributed by atoms with E-state index in [1.165, 1.54) is 0 Å². The number of carbonyl (C=O) groups is 1. The van der Waals surface area contributed by atoms with E-state index in [-0.39, 0.29) is 11.9 Å². The Kier molecular flexibility index (Phi) is 7.08. The van der Waals surface area contributed by atoms with Gasteiger partial charge in [-0.15, -0.1) is 10.2 Å². The third-order valence-electron chi connectivity index (χ3n) is 4.16. The third-order valence-corrected chi connectivity index (χ3v) is 5.09. The van der Waals surface area contributed by atoms with Gasteiger partial charge in [-0.25, -0.2) is 0 Å². The average molecular weight is 397 g/mol. The number of amides is 1. The topological polar surface area (TPSA) is 69.0 Å². The Balaban J connectivity index is 1.57. The van der Waals surface area contributed by atoms with Crippen molar-refractivity contribution in [3.8, 4) is 5.75 Å². The normalized spacial score (nSPS) is 11.8. The zero-order valence-corrected chi connectivity index (χ0v) is 16.9. The maximum atomic E-state index is 12.4. The van der Waals surface area contributed by atoms with Gasteiger partial charge in [-0.3, -0.25) is 4.79 Å². The van der Waals surface area contributed by atoms with Gasteiger partial charge in [0.15, 0.2) is 11.0 Å². The van der Waals surface area contributed by atoms with Gasteiger partial charge in [0.05, 0.1) is 12.6 Å². The Morgan fingerprint density at radius 2 is 1.79 bits per heavy atom. The Morgan fingerprint density at radius 1 is 1.11 bits per heavy atom. The molecule has 1 amide bonds. The molecule has 0 saturated carbocycles. The molecule has 28 heavy (non-hydrogen) atoms. The van der Waals surface area contributed by atoms with E-state index >= 15 is 0 Å². The first kappa shape index (κ1) is 19.9. The Hall–Kier alpha value is -2.80. The van der Waals surface area contributed by atoms with Gasteiger partial charge >= 0.3 is 0 Å². The van der Waals surface area contributed by atoms with Crippen LogP contribution in [0.2, 0.25) is 0 Å². The molecular weight excluding hydrogens is 372 g/mol. The Bertz CT molecular complexity index is 884. The summed E-state index contributed by atoms with van der Waals surface area (Å²) in [6.45, 7) is 5.28. The first-order valence-electron chi connectivity index (χ1n) is 9.28. The van der Waals surface area contributed by atoms with E-state index in [1.54, 1.807) is 23.9 Å². The van der Waals surface area contributed by atoms with Gasteiger partial charge in [0.1, 0.15) is 5.75 Å². The minimum Gasteiger partial charge on any atom is -0.493 e. The number of carbonyl (C=O) groups excluding carboxylic acids is 1. The molecule has 6 nitrogen and oxygen atoms in total. The molecule has 0 fully saturated rings. The fourth-order valence-electron chi connectivity index (χ4n) is 2.77. The number of nitrogens with one attached hydrogen (secondary N) is 1. The summed E-state index contributed by atoms with van der Waals surface area (Å²) < 4.78 is 7.75. The second-order valence-corrected chi connectivity index (χ2v) is 7.22. The molecule has 0 unspecified atom stereocenters. The molecule has 146 valence electrons. The molecule has 0 radical (unpaired) electrons. The van der Waals surface area contributed by atoms with E-state index in [9.17, 15) is 4.79 Å². The second kappa shape index (κ2) is 9.94. The first-order valence-corrected chi connectivity index (χ1v) is 10.3. The molecule has 0 aliphatic carbocycles. The molecule has 0 bridgehead atoms. The zero-order valence-electron chi connectivity index (χ0n) is 16.0. The molecule has 3 rings (SSSR count). The van der Waals surface area contributed by atoms with E-state index < -0.39 is 0 Å². The summed E-state index contributed by atoms with van der Waals surface area (Å²) in [7, 11) is 0. The molecular formula is C21H24N4O2S. The van der Waals surface area contributed by atoms with Crippen LogP contribution in [0.3, 0.4) is 0 Å². The van der Waals surface area contributed by atoms with Gasteiger partial charge in [-0.1, -0.05) is 48.2 Å². The van der Waals surface area contributed by atoms with Crippen LogP contribution in [0.1, 0.15) is 36.1 Å². The van der Waals surface area contributed by atoms with E-state index in [0.717, 1.165) is 29.0 Å². The number of nitrogens with zero attached hydrogens (tertiary/aromatic N) is 3. The molecule has 1 heterocycles. The lowest BCUT2D eigenvalue weighted by atomic mass is 10.2. The van der Waals surface area contributed by atoms with E-state index in [1.807, 2.05) is 66.9 Å². The monoisotopic (exact) mass is 396 g/mol. The molecule has 1 aromatic heterocycles. The molecule has 2 aromatic carbocycles. The van der Waals surface area contributed by atoms with Crippen LogP contribution < -0.4 is 10.1 Å². The highest BCUT2D eigenvalue weighted by molar-refractivity contribution is 7.99. The fourth-order valence-corrected chi connectivity index (χ4v) is 3.59. The zero-order chi connectivity index (χ0) is 19.8. The van der Waals surface area contributed by atoms with Crippen LogP contribution in [0.4, 0.5) is 0 Å². The Labute approximate surface area is 169 Å². The molecule has 0 aliphatic heterocycles. The van der Waals surface area contributed by atoms with Crippen LogP contribution in [-0.4, -0.2) is 33.0 Å². The van der Waals surface area contributed by atoms with Crippen molar-refractivity contribution in [1.82, 2.24) is 20.1 Å². The van der Waals surface area contributed by atoms with Gasteiger partial charge in [-0.05, 0) is 38.1 Å². The van der Waals surface area contributed by atoms with Crippen molar-refractivity contribution >= 4 is 17.7 Å². The summed E-state index contributed by atoms with van der Waals surface area (Å²) in [5.41, 5.74) is 0.629. The van der Waals surface area contributed by atoms with Gasteiger partial charge in [0, 0.05) is 17.9 Å². The van der Waals surface area contributed by atoms with Gasteiger partial charge in [0.2, 0.25) is 0 Å². The lowest BCUT2D eigenvalue weighted by Crippen LogP contribution is -2.28. The van der Waals surface area contributed by atoms with Crippen molar-refractivity contribution in [2.45, 2.75) is 31.6 Å². The number of ether oxygens (including phenoxy) is 1. The molecule has 0 aliphatic rings. The molecule has 7 heteroatoms. The number of benzene rings is 2. The minimum atomic E-state index is -0.241. The van der Waals surface area contributed by atoms with E-state index in [0.29, 0.717) is 12.2 Å². The predicted molar refractivity (Wildman–Crippen MR) is 111 cm³/mol. The van der Waals surface area contributed by atoms with Crippen LogP contribution in [-0.2, 0) is 6.54 Å². The van der Waals surface area contributed by atoms with Crippen LogP contribution in [0.5, 0.6) is 5.75 Å². The van der Waals surface area contributed by atoms with Crippen molar-refractivity contribution in [3.05, 3.63) is 72.1 Å². The molecule has 0 spiro atoms. The first-order chi connectivity index (χ1) is 13.7. The molecule has 1 N–H and O–H groups in total. The smallest absolute Gasteiger partial charge is 0.251 e. The summed E-state index contributed by atoms with van der Waals surface area (Å²) in [5.74, 6) is 2.25. The summed E-state index contributed by atoms with van der Waals surface area (Å²) in [5, 5.41) is 12.4. The summed E-state index contributed by atoms with van der Waals surface area (Å²) >= 11 is 1.60. The molecule has 3 aromatic rings. The average Bonchev–Trinajstić information content (AvgIpc) is 3.15. The lowest BCUT2D eigenvalue weighted by Gasteiger charge is -2.15. The number of para-hydroxylation sites is 1. The fraction of sp³-hybridized carbons (Fsp3) is 0.286. The third kappa shape index (κ3) is 5.13. The SMILES string of the molecule is CCn1c(SCCOc2ccccc2)nnc1[C@H](C)NC(=O)c1ccccc1. The number of thioether (sulfide) groups is 1. The number of rotatable bonds is 9. The van der Waals surface area contributed by atoms with Crippen LogP contribution in [0.25, 0.3) is 0 Å². The van der Waals surface area contributed by atoms with Gasteiger partial charge in [-0.2, -0.15) is 0 Å². The van der Waals surface area contributed by atoms with Crippen molar-refractivity contribution in [3.63, 3.8) is 0 Å². The highest BCUT2D eigenvalue weighted by Gasteiger charge is 2.19. The Morgan fingerprint density at radius 3 is 2.46 bits per heavy atom. The van der Waals surface area contributed by atoms with Crippen molar-refractivity contribution < 1.29 is 9.53 Å². The van der Waals surface area contributed by atoms with Crippen LogP contribution in [0.15, 0.2) is 65.8 Å². The van der Waals surface area contributed by atoms with Crippen molar-refractivity contribution in [1.29, 1.82) is 0 Å². The highest BCUT2D eigenvalue weighted by atomic mass is 32.2. The summed E-state index contributed by atoms with van der Waals surface area (Å²) in [6.07, 6.45) is 0. The van der Waals surface area contributed by atoms with E-state index in [2.05, 4.69) is 15.5 Å². The maximum Gasteiger partial charge on any atom is 0.251 e. The number of hydrogen-bond acceptors (Lipinski definition) is 5. The van der Waals surface area contributed by atoms with Gasteiger partial charge < -0.3 is 14.6 Å². The van der Waals surface area contributed by atoms with E-state index in [4.69, 9.17) is 4.74 Å². The number of aromatic nitrogens is 3. The second-order valence-electron chi connectivity index (χ2n) is 6.16. The van der Waals surface area contributed by atoms with Crippen LogP contribution in [0, 0.1) is 0 Å². The highest BCUT2D eigenvalue weighted by Crippen LogP contribution is 2.21. The molecule has 0 saturated heterocycles. The maximum absolute atomic E-state index is 12.4. The standard InChI is InChI=1S/C21H24N4O2S/c1-3-25-19(16(2)22-20(26)17-10-6-4-7-11-17)23-24-21(25)28-15-14-27-18-12-8-5-9-13-18/h4-13,16H,3,14-15H2,1-2H3,(H,22,26)/t16-/m0/s1. The lowest BCUT2D eigenvalue weighted by molar-refractivity contribution is 0.0937. The predicted octanol–water partition coefficient (Wildman–Crippen LogP) is 3.96. The largest absolute Gasteiger partial charge is 0.493 e. The summed E-state index contributed by atoms with van der Waals surface area (Å²) in [4.78, 5) is 12.4. The minimum absolute atomic E-state index is 0.121. The number of hydrogen-bond donors (Lipinski definition) is 1. The van der Waals surface area contributed by atoms with Crippen LogP contribution >= 0.6 is 11.8 Å². The quantitative estimate of drug-likeness (QED) is 0.438. The molecule has 1 atom stereocenters. The van der Waals surface area contributed by atoms with Gasteiger partial charge in [0.25, 0.3) is 5.91 Å². The van der Waals surface area contributed by atoms with Crippen molar-refractivity contribution in [2.24, 2.45) is 0 Å². The van der Waals surface area contributed by atoms with Crippen molar-refractivity contribution in [2.75, 3.05) is 12.4 Å². The summed E-state index contributed by atoms with van der Waals surface area (Å²) in [6, 6.07) is 18.7.